The molecule has 0 unspecified atom stereocenters. The Morgan fingerprint density at radius 1 is 0.714 bits per heavy atom. The third kappa shape index (κ3) is 9.10. The van der Waals surface area contributed by atoms with E-state index in [1.54, 1.807) is 7.11 Å². The number of hydrogen-bond acceptors (Lipinski definition) is 3. The minimum atomic E-state index is -2.29. The number of ether oxygens (including phenoxy) is 1. The van der Waals surface area contributed by atoms with Crippen LogP contribution in [0.15, 0.2) is 0 Å². The van der Waals surface area contributed by atoms with Gasteiger partial charge < -0.3 is 17.5 Å². The molecule has 28 heavy (non-hydrogen) atoms. The molecule has 0 aliphatic rings. The summed E-state index contributed by atoms with van der Waals surface area (Å²) >= 11 is 0. The van der Waals surface area contributed by atoms with E-state index < -0.39 is 25.2 Å². The number of methoxy groups -OCH3 is 1. The predicted molar refractivity (Wildman–Crippen MR) is 131 cm³/mol. The van der Waals surface area contributed by atoms with E-state index in [9.17, 15) is 0 Å². The molecule has 0 aromatic carbocycles. The molecular weight excluding hydrogens is 398 g/mol. The summed E-state index contributed by atoms with van der Waals surface area (Å²) in [6.07, 6.45) is 1.14. The average Bonchev–Trinajstić information content (AvgIpc) is 2.40. The highest BCUT2D eigenvalue weighted by Crippen LogP contribution is 2.43. The second kappa shape index (κ2) is 9.75. The van der Waals surface area contributed by atoms with Gasteiger partial charge in [-0.25, -0.2) is 0 Å². The van der Waals surface area contributed by atoms with Crippen LogP contribution in [0.1, 0.15) is 48.0 Å². The van der Waals surface area contributed by atoms with Gasteiger partial charge in [-0.05, 0) is 55.3 Å². The van der Waals surface area contributed by atoms with Crippen LogP contribution in [-0.4, -0.2) is 70.6 Å². The number of hydrogen-bond donors (Lipinski definition) is 0. The van der Waals surface area contributed by atoms with Crippen LogP contribution in [0.3, 0.4) is 0 Å². The van der Waals surface area contributed by atoms with Gasteiger partial charge >= 0.3 is 8.56 Å². The van der Waals surface area contributed by atoms with Crippen molar-refractivity contribution in [2.24, 2.45) is 0 Å². The van der Waals surface area contributed by atoms with Crippen molar-refractivity contribution in [3.05, 3.63) is 0 Å². The van der Waals surface area contributed by atoms with Gasteiger partial charge in [-0.15, -0.1) is 0 Å². The summed E-state index contributed by atoms with van der Waals surface area (Å²) in [5, 5.41) is 0.400. The molecule has 0 saturated carbocycles. The largest absolute Gasteiger partial charge is 0.436 e. The van der Waals surface area contributed by atoms with E-state index in [1.165, 1.54) is 0 Å². The monoisotopic (exact) mass is 450 g/mol. The lowest BCUT2D eigenvalue weighted by molar-refractivity contribution is -0.890. The third-order valence-electron chi connectivity index (χ3n) is 6.85. The molecule has 0 spiro atoms. The first-order chi connectivity index (χ1) is 12.2. The van der Waals surface area contributed by atoms with Crippen molar-refractivity contribution in [2.45, 2.75) is 96.8 Å². The van der Waals surface area contributed by atoms with Crippen molar-refractivity contribution in [1.29, 1.82) is 0 Å². The number of likely N-dealkylation sites (N-methyl/N-ethyl adjacent to an activating group) is 1. The molecule has 170 valence electrons. The normalized spacial score (nSPS) is 15.2. The van der Waals surface area contributed by atoms with Gasteiger partial charge in [0.05, 0.1) is 27.2 Å². The number of nitrogens with zero attached hydrogens (tertiary/aromatic N) is 1. The van der Waals surface area contributed by atoms with E-state index in [0.717, 1.165) is 36.6 Å². The standard InChI is InChI=1S/C21H52NO3Si3/c1-20(2,3)26(10,11)24-28(14,25-27(12,13)21(4,5)6)19-15-16-22(7,8)17-18-23-9/h15-19H2,1-14H3/q+1. The van der Waals surface area contributed by atoms with Crippen LogP contribution in [0.4, 0.5) is 0 Å². The van der Waals surface area contributed by atoms with Crippen LogP contribution >= 0.6 is 0 Å². The maximum absolute atomic E-state index is 7.08. The first-order valence-corrected chi connectivity index (χ1v) is 19.2. The molecule has 0 aromatic rings. The molecule has 0 aromatic heterocycles. The quantitative estimate of drug-likeness (QED) is 0.276. The summed E-state index contributed by atoms with van der Waals surface area (Å²) in [7, 11) is 0.315. The second-order valence-corrected chi connectivity index (χ2v) is 25.8. The molecular formula is C21H52NO3Si3+. The summed E-state index contributed by atoms with van der Waals surface area (Å²) < 4.78 is 20.4. The van der Waals surface area contributed by atoms with Crippen molar-refractivity contribution in [3.63, 3.8) is 0 Å². The summed E-state index contributed by atoms with van der Waals surface area (Å²) in [5.41, 5.74) is 0. The fourth-order valence-electron chi connectivity index (χ4n) is 2.79. The molecule has 0 saturated heterocycles. The first-order valence-electron chi connectivity index (χ1n) is 10.9. The SMILES string of the molecule is COCC[N+](C)(C)CCC[Si](C)(O[Si](C)(C)C(C)(C)C)O[Si](C)(C)C(C)(C)C. The van der Waals surface area contributed by atoms with Gasteiger partial charge in [0.25, 0.3) is 0 Å². The Balaban J connectivity index is 5.46. The highest BCUT2D eigenvalue weighted by atomic mass is 28.5. The van der Waals surface area contributed by atoms with E-state index in [4.69, 9.17) is 13.0 Å². The summed E-state index contributed by atoms with van der Waals surface area (Å²) in [6, 6.07) is 1.07. The first kappa shape index (κ1) is 28.5. The highest BCUT2D eigenvalue weighted by Gasteiger charge is 2.50. The Morgan fingerprint density at radius 2 is 1.11 bits per heavy atom. The lowest BCUT2D eigenvalue weighted by Crippen LogP contribution is -2.59. The van der Waals surface area contributed by atoms with Crippen molar-refractivity contribution < 1.29 is 17.5 Å². The maximum Gasteiger partial charge on any atom is 0.314 e. The summed E-state index contributed by atoms with van der Waals surface area (Å²) in [5.74, 6) is 0. The van der Waals surface area contributed by atoms with Crippen LogP contribution < -0.4 is 0 Å². The molecule has 0 radical (unpaired) electrons. The molecule has 0 amide bonds. The van der Waals surface area contributed by atoms with Gasteiger partial charge in [0.1, 0.15) is 6.54 Å². The molecule has 0 rings (SSSR count). The summed E-state index contributed by atoms with van der Waals surface area (Å²) in [4.78, 5) is 0. The minimum absolute atomic E-state index is 0.200. The molecule has 0 aliphatic heterocycles. The van der Waals surface area contributed by atoms with Crippen molar-refractivity contribution in [2.75, 3.05) is 40.9 Å². The Morgan fingerprint density at radius 3 is 1.43 bits per heavy atom. The Bertz CT molecular complexity index is 452. The zero-order chi connectivity index (χ0) is 22.7. The maximum atomic E-state index is 7.08. The van der Waals surface area contributed by atoms with Crippen molar-refractivity contribution in [1.82, 2.24) is 0 Å². The van der Waals surface area contributed by atoms with E-state index in [0.29, 0.717) is 0 Å². The molecule has 7 heteroatoms. The zero-order valence-electron chi connectivity index (χ0n) is 21.7. The Hall–Kier alpha value is 0.491. The zero-order valence-corrected chi connectivity index (χ0v) is 24.7. The molecule has 0 heterocycles. The number of quaternary nitrogens is 1. The van der Waals surface area contributed by atoms with E-state index in [-0.39, 0.29) is 10.1 Å². The van der Waals surface area contributed by atoms with Gasteiger partial charge in [-0.3, -0.25) is 0 Å². The van der Waals surface area contributed by atoms with E-state index >= 15 is 0 Å². The van der Waals surface area contributed by atoms with Gasteiger partial charge in [0.15, 0.2) is 16.6 Å². The highest BCUT2D eigenvalue weighted by molar-refractivity contribution is 6.89. The fraction of sp³-hybridized carbons (Fsp3) is 1.00. The van der Waals surface area contributed by atoms with Crippen molar-refractivity contribution >= 4 is 25.2 Å². The Labute approximate surface area is 180 Å². The fourth-order valence-corrected chi connectivity index (χ4v) is 16.0. The lowest BCUT2D eigenvalue weighted by Gasteiger charge is -2.48. The predicted octanol–water partition coefficient (Wildman–Crippen LogP) is 6.21. The van der Waals surface area contributed by atoms with Gasteiger partial charge in [0.2, 0.25) is 0 Å². The minimum Gasteiger partial charge on any atom is -0.436 e. The molecule has 0 N–H and O–H groups in total. The van der Waals surface area contributed by atoms with Crippen LogP contribution in [0.2, 0.25) is 48.9 Å². The van der Waals surface area contributed by atoms with E-state index in [2.05, 4.69) is 88.4 Å². The van der Waals surface area contributed by atoms with Crippen molar-refractivity contribution in [3.8, 4) is 0 Å². The smallest absolute Gasteiger partial charge is 0.314 e. The van der Waals surface area contributed by atoms with Crippen LogP contribution in [-0.2, 0) is 13.0 Å². The molecule has 0 aliphatic carbocycles. The Kier molecular flexibility index (Phi) is 9.92. The summed E-state index contributed by atoms with van der Waals surface area (Å²) in [6.45, 7) is 28.7. The van der Waals surface area contributed by atoms with E-state index in [1.807, 2.05) is 0 Å². The average molecular weight is 451 g/mol. The van der Waals surface area contributed by atoms with Gasteiger partial charge in [0, 0.05) is 7.11 Å². The topological polar surface area (TPSA) is 27.7 Å². The van der Waals surface area contributed by atoms with Gasteiger partial charge in [-0.1, -0.05) is 41.5 Å². The molecule has 0 bridgehead atoms. The van der Waals surface area contributed by atoms with Crippen LogP contribution in [0.25, 0.3) is 0 Å². The van der Waals surface area contributed by atoms with Gasteiger partial charge in [-0.2, -0.15) is 0 Å². The second-order valence-electron chi connectivity index (χ2n) is 12.3. The van der Waals surface area contributed by atoms with Crippen LogP contribution in [0.5, 0.6) is 0 Å². The number of rotatable bonds is 11. The molecule has 4 nitrogen and oxygen atoms in total. The third-order valence-corrected chi connectivity index (χ3v) is 22.9. The van der Waals surface area contributed by atoms with Crippen LogP contribution in [0, 0.1) is 0 Å². The lowest BCUT2D eigenvalue weighted by atomic mass is 10.2. The molecule has 0 atom stereocenters. The molecule has 0 fully saturated rings.